The minimum atomic E-state index is -0.811. The van der Waals surface area contributed by atoms with Crippen LogP contribution in [-0.4, -0.2) is 21.2 Å². The first-order chi connectivity index (χ1) is 8.72. The second kappa shape index (κ2) is 5.89. The van der Waals surface area contributed by atoms with E-state index >= 15 is 0 Å². The van der Waals surface area contributed by atoms with E-state index in [1.54, 1.807) is 18.2 Å². The highest BCUT2D eigenvalue weighted by Gasteiger charge is 2.13. The van der Waals surface area contributed by atoms with Gasteiger partial charge in [0.15, 0.2) is 5.78 Å². The van der Waals surface area contributed by atoms with Crippen LogP contribution in [0.1, 0.15) is 27.8 Å². The lowest BCUT2D eigenvalue weighted by Crippen LogP contribution is -2.08. The van der Waals surface area contributed by atoms with Crippen molar-refractivity contribution in [2.75, 3.05) is 5.33 Å². The number of Topliss-reactive ketones (excluding diaryl/α,β-unsaturated/α-hetero) is 1. The molecular weight excluding hydrogens is 294 g/mol. The van der Waals surface area contributed by atoms with Crippen molar-refractivity contribution in [1.82, 2.24) is 4.98 Å². The Morgan fingerprint density at radius 1 is 1.17 bits per heavy atom. The summed E-state index contributed by atoms with van der Waals surface area (Å²) in [5.74, 6) is -0.0999. The summed E-state index contributed by atoms with van der Waals surface area (Å²) in [6.45, 7) is 0. The van der Waals surface area contributed by atoms with Gasteiger partial charge in [-0.15, -0.1) is 0 Å². The third kappa shape index (κ3) is 2.83. The molecule has 2 aromatic rings. The fourth-order valence-electron chi connectivity index (χ4n) is 1.63. The summed E-state index contributed by atoms with van der Waals surface area (Å²) in [5, 5.41) is 10.4. The minimum absolute atomic E-state index is 0.0999. The molecule has 0 bridgehead atoms. The van der Waals surface area contributed by atoms with Crippen molar-refractivity contribution < 1.29 is 9.90 Å². The van der Waals surface area contributed by atoms with Gasteiger partial charge in [-0.3, -0.25) is 4.79 Å². The maximum Gasteiger partial charge on any atom is 0.191 e. The largest absolute Gasteiger partial charge is 0.382 e. The molecule has 0 aliphatic heterocycles. The Kier molecular flexibility index (Phi) is 4.23. The van der Waals surface area contributed by atoms with Crippen LogP contribution >= 0.6 is 15.9 Å². The number of ketones is 1. The van der Waals surface area contributed by atoms with Gasteiger partial charge in [0.1, 0.15) is 11.8 Å². The molecule has 18 heavy (non-hydrogen) atoms. The molecule has 2 rings (SSSR count). The summed E-state index contributed by atoms with van der Waals surface area (Å²) in [6.07, 6.45) is -0.811. The zero-order chi connectivity index (χ0) is 13.0. The molecule has 3 nitrogen and oxygen atoms in total. The monoisotopic (exact) mass is 305 g/mol. The Balaban J connectivity index is 2.31. The summed E-state index contributed by atoms with van der Waals surface area (Å²) in [7, 11) is 0. The second-order valence-corrected chi connectivity index (χ2v) is 4.38. The van der Waals surface area contributed by atoms with Gasteiger partial charge in [-0.1, -0.05) is 52.3 Å². The number of hydrogen-bond donors (Lipinski definition) is 1. The highest BCUT2D eigenvalue weighted by molar-refractivity contribution is 9.09. The van der Waals surface area contributed by atoms with Crippen LogP contribution in [0.2, 0.25) is 0 Å². The summed E-state index contributed by atoms with van der Waals surface area (Å²) in [4.78, 5) is 15.7. The van der Waals surface area contributed by atoms with E-state index in [2.05, 4.69) is 20.9 Å². The number of rotatable bonds is 4. The summed E-state index contributed by atoms with van der Waals surface area (Å²) in [5.41, 5.74) is 1.60. The molecule has 0 spiro atoms. The second-order valence-electron chi connectivity index (χ2n) is 3.82. The van der Waals surface area contributed by atoms with Crippen LogP contribution in [-0.2, 0) is 0 Å². The van der Waals surface area contributed by atoms with Gasteiger partial charge < -0.3 is 5.11 Å². The third-order valence-electron chi connectivity index (χ3n) is 2.57. The zero-order valence-electron chi connectivity index (χ0n) is 9.58. The van der Waals surface area contributed by atoms with E-state index in [9.17, 15) is 9.90 Å². The molecule has 1 atom stereocenters. The molecule has 1 aromatic heterocycles. The number of aliphatic hydroxyl groups excluding tert-OH is 1. The Morgan fingerprint density at radius 3 is 2.56 bits per heavy atom. The van der Waals surface area contributed by atoms with Gasteiger partial charge in [-0.2, -0.15) is 0 Å². The topological polar surface area (TPSA) is 50.2 Å². The Bertz CT molecular complexity index is 543. The average molecular weight is 306 g/mol. The fourth-order valence-corrected chi connectivity index (χ4v) is 1.92. The predicted octanol–water partition coefficient (Wildman–Crippen LogP) is 2.74. The summed E-state index contributed by atoms with van der Waals surface area (Å²) < 4.78 is 0. The number of hydrogen-bond acceptors (Lipinski definition) is 3. The van der Waals surface area contributed by atoms with Crippen molar-refractivity contribution >= 4 is 21.7 Å². The van der Waals surface area contributed by atoms with Crippen LogP contribution in [0.25, 0.3) is 0 Å². The van der Waals surface area contributed by atoms with Crippen LogP contribution in [0.3, 0.4) is 0 Å². The molecule has 1 unspecified atom stereocenters. The van der Waals surface area contributed by atoms with Gasteiger partial charge in [-0.25, -0.2) is 4.98 Å². The molecule has 0 radical (unpaired) electrons. The molecule has 4 heteroatoms. The summed E-state index contributed by atoms with van der Waals surface area (Å²) >= 11 is 3.11. The molecular formula is C14H12BrNO2. The zero-order valence-corrected chi connectivity index (χ0v) is 11.2. The number of aliphatic hydroxyl groups is 1. The molecule has 0 saturated heterocycles. The van der Waals surface area contributed by atoms with E-state index < -0.39 is 6.10 Å². The number of nitrogens with zero attached hydrogens (tertiary/aromatic N) is 1. The molecule has 1 aromatic carbocycles. The molecule has 1 heterocycles. The number of pyridine rings is 1. The van der Waals surface area contributed by atoms with Gasteiger partial charge in [0, 0.05) is 0 Å². The van der Waals surface area contributed by atoms with Crippen LogP contribution in [0.4, 0.5) is 0 Å². The van der Waals surface area contributed by atoms with Gasteiger partial charge in [0.2, 0.25) is 0 Å². The Labute approximate surface area is 114 Å². The lowest BCUT2D eigenvalue weighted by Gasteiger charge is -2.11. The normalized spacial score (nSPS) is 12.1. The first-order valence-electron chi connectivity index (χ1n) is 5.51. The van der Waals surface area contributed by atoms with E-state index in [4.69, 9.17) is 0 Å². The Hall–Kier alpha value is -1.52. The number of benzene rings is 1. The summed E-state index contributed by atoms with van der Waals surface area (Å²) in [6, 6.07) is 14.3. The maximum atomic E-state index is 11.5. The quantitative estimate of drug-likeness (QED) is 0.698. The molecule has 0 fully saturated rings. The standard InChI is InChI=1S/C14H12BrNO2/c15-9-13(17)11-7-4-8-12(16-11)14(18)10-5-2-1-3-6-10/h1-8,14,18H,9H2. The number of aromatic nitrogens is 1. The molecule has 0 saturated carbocycles. The van der Waals surface area contributed by atoms with Crippen LogP contribution in [0.5, 0.6) is 0 Å². The molecule has 92 valence electrons. The predicted molar refractivity (Wildman–Crippen MR) is 72.9 cm³/mol. The lowest BCUT2D eigenvalue weighted by atomic mass is 10.1. The molecule has 0 amide bonds. The molecule has 0 aliphatic carbocycles. The van der Waals surface area contributed by atoms with Gasteiger partial charge in [0.25, 0.3) is 0 Å². The number of carbonyl (C=O) groups excluding carboxylic acids is 1. The van der Waals surface area contributed by atoms with Crippen molar-refractivity contribution in [3.8, 4) is 0 Å². The van der Waals surface area contributed by atoms with Crippen molar-refractivity contribution in [2.24, 2.45) is 0 Å². The Morgan fingerprint density at radius 2 is 1.89 bits per heavy atom. The van der Waals surface area contributed by atoms with Crippen molar-refractivity contribution in [1.29, 1.82) is 0 Å². The first-order valence-corrected chi connectivity index (χ1v) is 6.63. The van der Waals surface area contributed by atoms with E-state index in [0.29, 0.717) is 11.4 Å². The van der Waals surface area contributed by atoms with E-state index in [1.807, 2.05) is 30.3 Å². The van der Waals surface area contributed by atoms with Crippen molar-refractivity contribution in [3.63, 3.8) is 0 Å². The molecule has 0 aliphatic rings. The number of alkyl halides is 1. The van der Waals surface area contributed by atoms with E-state index in [0.717, 1.165) is 5.56 Å². The number of carbonyl (C=O) groups is 1. The third-order valence-corrected chi connectivity index (χ3v) is 3.08. The van der Waals surface area contributed by atoms with Gasteiger partial charge in [-0.05, 0) is 17.7 Å². The highest BCUT2D eigenvalue weighted by Crippen LogP contribution is 2.20. The SMILES string of the molecule is O=C(CBr)c1cccc(C(O)c2ccccc2)n1. The van der Waals surface area contributed by atoms with Crippen molar-refractivity contribution in [3.05, 3.63) is 65.5 Å². The lowest BCUT2D eigenvalue weighted by molar-refractivity contribution is 0.101. The molecule has 1 N–H and O–H groups in total. The van der Waals surface area contributed by atoms with Gasteiger partial charge in [0.05, 0.1) is 11.0 Å². The minimum Gasteiger partial charge on any atom is -0.382 e. The van der Waals surface area contributed by atoms with Crippen LogP contribution in [0, 0.1) is 0 Å². The first kappa shape index (κ1) is 12.9. The smallest absolute Gasteiger partial charge is 0.191 e. The van der Waals surface area contributed by atoms with E-state index in [1.165, 1.54) is 0 Å². The number of halogens is 1. The average Bonchev–Trinajstić information content (AvgIpc) is 2.46. The van der Waals surface area contributed by atoms with Crippen molar-refractivity contribution in [2.45, 2.75) is 6.10 Å². The van der Waals surface area contributed by atoms with E-state index in [-0.39, 0.29) is 11.1 Å². The highest BCUT2D eigenvalue weighted by atomic mass is 79.9. The van der Waals surface area contributed by atoms with Gasteiger partial charge >= 0.3 is 0 Å². The fraction of sp³-hybridized carbons (Fsp3) is 0.143. The maximum absolute atomic E-state index is 11.5. The van der Waals surface area contributed by atoms with Crippen LogP contribution in [0.15, 0.2) is 48.5 Å². The van der Waals surface area contributed by atoms with Crippen LogP contribution < -0.4 is 0 Å².